The summed E-state index contributed by atoms with van der Waals surface area (Å²) >= 11 is 0. The van der Waals surface area contributed by atoms with E-state index in [1.807, 2.05) is 12.1 Å². The van der Waals surface area contributed by atoms with Gasteiger partial charge in [-0.2, -0.15) is 0 Å². The summed E-state index contributed by atoms with van der Waals surface area (Å²) in [5.74, 6) is 0. The molecule has 0 amide bonds. The second-order valence-corrected chi connectivity index (χ2v) is 4.74. The van der Waals surface area contributed by atoms with Crippen LogP contribution in [0.1, 0.15) is 39.0 Å². The third-order valence-electron chi connectivity index (χ3n) is 3.30. The van der Waals surface area contributed by atoms with E-state index in [0.29, 0.717) is 0 Å². The molecule has 0 atom stereocenters. The van der Waals surface area contributed by atoms with Gasteiger partial charge < -0.3 is 10.3 Å². The van der Waals surface area contributed by atoms with E-state index in [-0.39, 0.29) is 0 Å². The van der Waals surface area contributed by atoms with Crippen LogP contribution in [0.5, 0.6) is 0 Å². The van der Waals surface area contributed by atoms with Gasteiger partial charge in [-0.25, -0.2) is 0 Å². The first-order chi connectivity index (χ1) is 8.31. The van der Waals surface area contributed by atoms with Crippen LogP contribution in [0, 0.1) is 0 Å². The summed E-state index contributed by atoms with van der Waals surface area (Å²) in [5, 5.41) is 1.25. The number of nitrogen functional groups attached to an aromatic ring is 1. The minimum Gasteiger partial charge on any atom is -0.399 e. The van der Waals surface area contributed by atoms with Crippen LogP contribution < -0.4 is 5.73 Å². The Balaban J connectivity index is 1.95. The van der Waals surface area contributed by atoms with Gasteiger partial charge in [-0.15, -0.1) is 0 Å². The minimum absolute atomic E-state index is 0.846. The molecule has 2 rings (SSSR count). The van der Waals surface area contributed by atoms with E-state index in [1.54, 1.807) is 0 Å². The molecule has 92 valence electrons. The molecule has 1 aromatic carbocycles. The quantitative estimate of drug-likeness (QED) is 0.585. The number of hydrogen-bond acceptors (Lipinski definition) is 1. The summed E-state index contributed by atoms with van der Waals surface area (Å²) in [5.41, 5.74) is 7.93. The van der Waals surface area contributed by atoms with E-state index in [4.69, 9.17) is 5.73 Å². The van der Waals surface area contributed by atoms with Gasteiger partial charge in [0, 0.05) is 29.3 Å². The lowest BCUT2D eigenvalue weighted by molar-refractivity contribution is 0.577. The fourth-order valence-electron chi connectivity index (χ4n) is 2.30. The van der Waals surface area contributed by atoms with Crippen molar-refractivity contribution in [3.63, 3.8) is 0 Å². The third-order valence-corrected chi connectivity index (χ3v) is 3.30. The summed E-state index contributed by atoms with van der Waals surface area (Å²) < 4.78 is 2.33. The van der Waals surface area contributed by atoms with Crippen LogP contribution in [-0.4, -0.2) is 4.57 Å². The van der Waals surface area contributed by atoms with Crippen LogP contribution in [0.25, 0.3) is 10.9 Å². The molecular weight excluding hydrogens is 208 g/mol. The third kappa shape index (κ3) is 3.02. The first kappa shape index (κ1) is 12.0. The van der Waals surface area contributed by atoms with Gasteiger partial charge in [-0.05, 0) is 30.7 Å². The summed E-state index contributed by atoms with van der Waals surface area (Å²) in [7, 11) is 0. The van der Waals surface area contributed by atoms with Crippen molar-refractivity contribution in [2.45, 2.75) is 45.6 Å². The fraction of sp³-hybridized carbons (Fsp3) is 0.467. The van der Waals surface area contributed by atoms with Crippen LogP contribution in [0.2, 0.25) is 0 Å². The highest BCUT2D eigenvalue weighted by atomic mass is 14.9. The number of unbranched alkanes of at least 4 members (excludes halogenated alkanes) is 4. The molecule has 2 nitrogen and oxygen atoms in total. The Morgan fingerprint density at radius 1 is 1.06 bits per heavy atom. The van der Waals surface area contributed by atoms with Crippen molar-refractivity contribution in [3.05, 3.63) is 30.5 Å². The van der Waals surface area contributed by atoms with Crippen molar-refractivity contribution >= 4 is 16.6 Å². The second-order valence-electron chi connectivity index (χ2n) is 4.74. The number of hydrogen-bond donors (Lipinski definition) is 1. The molecule has 2 aromatic rings. The van der Waals surface area contributed by atoms with Gasteiger partial charge in [0.1, 0.15) is 0 Å². The summed E-state index contributed by atoms with van der Waals surface area (Å²) in [6.07, 6.45) is 8.82. The topological polar surface area (TPSA) is 30.9 Å². The minimum atomic E-state index is 0.846. The molecular formula is C15H22N2. The number of nitrogens with two attached hydrogens (primary N) is 1. The normalized spacial score (nSPS) is 11.1. The summed E-state index contributed by atoms with van der Waals surface area (Å²) in [6.45, 7) is 3.38. The van der Waals surface area contributed by atoms with Crippen molar-refractivity contribution in [2.24, 2.45) is 0 Å². The van der Waals surface area contributed by atoms with Crippen LogP contribution in [0.15, 0.2) is 30.5 Å². The molecule has 1 heterocycles. The number of benzene rings is 1. The second kappa shape index (κ2) is 5.76. The average Bonchev–Trinajstić information content (AvgIpc) is 2.71. The highest BCUT2D eigenvalue weighted by molar-refractivity contribution is 5.83. The van der Waals surface area contributed by atoms with Gasteiger partial charge in [0.05, 0.1) is 0 Å². The Kier molecular flexibility index (Phi) is 4.08. The molecule has 0 bridgehead atoms. The fourth-order valence-corrected chi connectivity index (χ4v) is 2.30. The first-order valence-corrected chi connectivity index (χ1v) is 6.65. The number of rotatable bonds is 6. The monoisotopic (exact) mass is 230 g/mol. The number of aryl methyl sites for hydroxylation is 1. The van der Waals surface area contributed by atoms with E-state index in [0.717, 1.165) is 12.2 Å². The zero-order valence-electron chi connectivity index (χ0n) is 10.7. The summed E-state index contributed by atoms with van der Waals surface area (Å²) in [4.78, 5) is 0. The van der Waals surface area contributed by atoms with Crippen molar-refractivity contribution in [3.8, 4) is 0 Å². The van der Waals surface area contributed by atoms with Crippen molar-refractivity contribution in [2.75, 3.05) is 5.73 Å². The lowest BCUT2D eigenvalue weighted by atomic mass is 10.1. The summed E-state index contributed by atoms with van der Waals surface area (Å²) in [6, 6.07) is 8.30. The van der Waals surface area contributed by atoms with Crippen LogP contribution in [0.4, 0.5) is 5.69 Å². The van der Waals surface area contributed by atoms with Crippen LogP contribution in [0.3, 0.4) is 0 Å². The molecule has 2 N–H and O–H groups in total. The molecule has 0 unspecified atom stereocenters. The van der Waals surface area contributed by atoms with Gasteiger partial charge in [-0.1, -0.05) is 32.6 Å². The number of aromatic nitrogens is 1. The maximum absolute atomic E-state index is 5.78. The van der Waals surface area contributed by atoms with E-state index in [1.165, 1.54) is 43.0 Å². The number of fused-ring (bicyclic) bond motifs is 1. The van der Waals surface area contributed by atoms with Crippen molar-refractivity contribution in [1.29, 1.82) is 0 Å². The van der Waals surface area contributed by atoms with E-state index in [9.17, 15) is 0 Å². The SMILES string of the molecule is CCCCCCCn1ccc2cc(N)ccc21. The Bertz CT molecular complexity index is 471. The van der Waals surface area contributed by atoms with E-state index < -0.39 is 0 Å². The molecule has 0 aliphatic carbocycles. The highest BCUT2D eigenvalue weighted by Gasteiger charge is 2.00. The van der Waals surface area contributed by atoms with Gasteiger partial charge >= 0.3 is 0 Å². The zero-order valence-corrected chi connectivity index (χ0v) is 10.7. The van der Waals surface area contributed by atoms with Crippen molar-refractivity contribution < 1.29 is 0 Å². The Morgan fingerprint density at radius 2 is 1.88 bits per heavy atom. The zero-order chi connectivity index (χ0) is 12.1. The highest BCUT2D eigenvalue weighted by Crippen LogP contribution is 2.19. The first-order valence-electron chi connectivity index (χ1n) is 6.65. The van der Waals surface area contributed by atoms with Crippen LogP contribution in [-0.2, 0) is 6.54 Å². The molecule has 0 spiro atoms. The van der Waals surface area contributed by atoms with Crippen LogP contribution >= 0.6 is 0 Å². The number of nitrogens with zero attached hydrogens (tertiary/aromatic N) is 1. The predicted molar refractivity (Wildman–Crippen MR) is 75.1 cm³/mol. The lowest BCUT2D eigenvalue weighted by Gasteiger charge is -2.05. The van der Waals surface area contributed by atoms with Crippen molar-refractivity contribution in [1.82, 2.24) is 4.57 Å². The molecule has 0 radical (unpaired) electrons. The van der Waals surface area contributed by atoms with E-state index >= 15 is 0 Å². The molecule has 0 aliphatic heterocycles. The van der Waals surface area contributed by atoms with Gasteiger partial charge in [0.2, 0.25) is 0 Å². The molecule has 0 fully saturated rings. The van der Waals surface area contributed by atoms with E-state index in [2.05, 4.69) is 29.8 Å². The maximum Gasteiger partial charge on any atom is 0.0481 e. The largest absolute Gasteiger partial charge is 0.399 e. The standard InChI is InChI=1S/C15H22N2/c1-2-3-4-5-6-10-17-11-9-13-12-14(16)7-8-15(13)17/h7-9,11-12H,2-6,10,16H2,1H3. The molecule has 0 aliphatic rings. The predicted octanol–water partition coefficient (Wildman–Crippen LogP) is 4.19. The molecule has 0 saturated carbocycles. The van der Waals surface area contributed by atoms with Gasteiger partial charge in [0.25, 0.3) is 0 Å². The van der Waals surface area contributed by atoms with Gasteiger partial charge in [-0.3, -0.25) is 0 Å². The smallest absolute Gasteiger partial charge is 0.0481 e. The molecule has 17 heavy (non-hydrogen) atoms. The van der Waals surface area contributed by atoms with Gasteiger partial charge in [0.15, 0.2) is 0 Å². The Hall–Kier alpha value is -1.44. The Labute approximate surface area is 103 Å². The maximum atomic E-state index is 5.78. The number of anilines is 1. The Morgan fingerprint density at radius 3 is 2.71 bits per heavy atom. The molecule has 0 saturated heterocycles. The average molecular weight is 230 g/mol. The lowest BCUT2D eigenvalue weighted by Crippen LogP contribution is -1.96. The molecule has 2 heteroatoms. The molecule has 1 aromatic heterocycles.